The van der Waals surface area contributed by atoms with E-state index in [0.717, 1.165) is 6.42 Å². The third-order valence-electron chi connectivity index (χ3n) is 1.50. The maximum atomic E-state index is 3.54. The molecule has 0 spiro atoms. The van der Waals surface area contributed by atoms with Gasteiger partial charge in [-0.25, -0.2) is 12.1 Å². The van der Waals surface area contributed by atoms with Crippen molar-refractivity contribution in [3.05, 3.63) is 48.5 Å². The third kappa shape index (κ3) is 5.43. The second-order valence-electron chi connectivity index (χ2n) is 2.35. The van der Waals surface area contributed by atoms with Gasteiger partial charge in [0.1, 0.15) is 0 Å². The van der Waals surface area contributed by atoms with Crippen molar-refractivity contribution in [2.45, 2.75) is 13.3 Å². The van der Waals surface area contributed by atoms with Gasteiger partial charge in [-0.2, -0.15) is 17.7 Å². The van der Waals surface area contributed by atoms with E-state index in [4.69, 9.17) is 0 Å². The summed E-state index contributed by atoms with van der Waals surface area (Å²) in [6.45, 7) is 2.16. The van der Waals surface area contributed by atoms with Gasteiger partial charge in [-0.05, 0) is 6.33 Å². The topological polar surface area (TPSA) is 28.7 Å². The second-order valence-corrected chi connectivity index (χ2v) is 2.35. The Morgan fingerprint density at radius 1 is 1.38 bits per heavy atom. The molecule has 70 valence electrons. The number of hydrogen-bond acceptors (Lipinski definition) is 1. The first-order chi connectivity index (χ1) is 5.93. The molecule has 1 aromatic heterocycles. The van der Waals surface area contributed by atoms with Crippen molar-refractivity contribution in [1.29, 1.82) is 0 Å². The van der Waals surface area contributed by atoms with Crippen LogP contribution >= 0.6 is 0 Å². The normalized spacial score (nSPS) is 8.08. The molecule has 1 heterocycles. The third-order valence-corrected chi connectivity index (χ3v) is 1.50. The Balaban J connectivity index is 0.000000215. The van der Waals surface area contributed by atoms with Crippen LogP contribution in [0.15, 0.2) is 36.7 Å². The molecule has 0 saturated heterocycles. The van der Waals surface area contributed by atoms with Gasteiger partial charge in [0, 0.05) is 0 Å². The number of aromatic amines is 1. The van der Waals surface area contributed by atoms with Crippen molar-refractivity contribution in [2.24, 2.45) is 0 Å². The van der Waals surface area contributed by atoms with Gasteiger partial charge in [-0.1, -0.05) is 13.3 Å². The predicted octanol–water partition coefficient (Wildman–Crippen LogP) is 2.18. The minimum absolute atomic E-state index is 0. The molecule has 0 radical (unpaired) electrons. The monoisotopic (exact) mass is 262 g/mol. The van der Waals surface area contributed by atoms with E-state index in [0.29, 0.717) is 0 Å². The van der Waals surface area contributed by atoms with Crippen molar-refractivity contribution >= 4 is 0 Å². The fraction of sp³-hybridized carbons (Fsp3) is 0.200. The fourth-order valence-corrected chi connectivity index (χ4v) is 0.836. The molecule has 2 rings (SSSR count). The molecule has 2 nitrogen and oxygen atoms in total. The van der Waals surface area contributed by atoms with Gasteiger partial charge in [-0.3, -0.25) is 0 Å². The molecule has 0 aliphatic rings. The molecule has 0 amide bonds. The average Bonchev–Trinajstić information content (AvgIpc) is 2.81. The Bertz CT molecular complexity index is 244. The summed E-state index contributed by atoms with van der Waals surface area (Å²) in [5, 5.41) is 0. The van der Waals surface area contributed by atoms with Crippen LogP contribution in [0.2, 0.25) is 0 Å². The maximum Gasteiger partial charge on any atom is 2.00 e. The minimum atomic E-state index is 0. The number of hydrogen-bond donors (Lipinski definition) is 1. The van der Waals surface area contributed by atoms with Gasteiger partial charge in [0.15, 0.2) is 0 Å². The van der Waals surface area contributed by atoms with E-state index in [-0.39, 0.29) is 19.5 Å². The summed E-state index contributed by atoms with van der Waals surface area (Å²) >= 11 is 0. The van der Waals surface area contributed by atoms with Gasteiger partial charge in [0.05, 0.1) is 0 Å². The zero-order valence-electron chi connectivity index (χ0n) is 7.47. The first-order valence-electron chi connectivity index (χ1n) is 3.99. The van der Waals surface area contributed by atoms with E-state index < -0.39 is 0 Å². The van der Waals surface area contributed by atoms with Crippen LogP contribution in [0.3, 0.4) is 0 Å². The fourth-order valence-electron chi connectivity index (χ4n) is 0.836. The Labute approximate surface area is 91.5 Å². The number of nitrogens with one attached hydrogen (secondary N) is 1. The zero-order chi connectivity index (χ0) is 8.65. The zero-order valence-corrected chi connectivity index (χ0v) is 9.21. The Morgan fingerprint density at radius 3 is 2.31 bits per heavy atom. The van der Waals surface area contributed by atoms with Crippen molar-refractivity contribution in [2.75, 3.05) is 0 Å². The summed E-state index contributed by atoms with van der Waals surface area (Å²) in [7, 11) is 0. The smallest absolute Gasteiger partial charge is 0.467 e. The first-order valence-corrected chi connectivity index (χ1v) is 3.99. The standard InChI is InChI=1S/C7H9.C3H3N2.Ru/c1-2-7-5-3-4-6-7;1-2-5-3-4-1;/h3-6H,2H2,1H3;1-2H,(H,4,5);/q2*-1;+2. The molecule has 1 aromatic carbocycles. The average molecular weight is 261 g/mol. The molecular weight excluding hydrogens is 249 g/mol. The van der Waals surface area contributed by atoms with E-state index in [2.05, 4.69) is 47.5 Å². The molecule has 2 aromatic rings. The van der Waals surface area contributed by atoms with E-state index in [1.54, 1.807) is 12.4 Å². The van der Waals surface area contributed by atoms with Gasteiger partial charge in [0.2, 0.25) is 0 Å². The number of aryl methyl sites for hydroxylation is 1. The van der Waals surface area contributed by atoms with Gasteiger partial charge in [-0.15, -0.1) is 12.4 Å². The van der Waals surface area contributed by atoms with Gasteiger partial charge < -0.3 is 9.97 Å². The van der Waals surface area contributed by atoms with E-state index in [1.807, 2.05) is 0 Å². The van der Waals surface area contributed by atoms with Crippen LogP contribution in [0.5, 0.6) is 0 Å². The maximum absolute atomic E-state index is 3.54. The Morgan fingerprint density at radius 2 is 2.08 bits per heavy atom. The molecule has 0 unspecified atom stereocenters. The summed E-state index contributed by atoms with van der Waals surface area (Å²) in [5.74, 6) is 0. The molecule has 0 aliphatic carbocycles. The van der Waals surface area contributed by atoms with E-state index in [1.165, 1.54) is 5.56 Å². The molecule has 13 heavy (non-hydrogen) atoms. The van der Waals surface area contributed by atoms with Crippen molar-refractivity contribution in [3.63, 3.8) is 0 Å². The molecule has 0 bridgehead atoms. The Hall–Kier alpha value is -0.817. The first kappa shape index (κ1) is 12.2. The van der Waals surface area contributed by atoms with Crippen LogP contribution in [-0.4, -0.2) is 9.97 Å². The number of nitrogens with zero attached hydrogens (tertiary/aromatic N) is 1. The molecular formula is C10H12N2Ru. The molecule has 0 fully saturated rings. The number of aromatic nitrogens is 2. The molecule has 0 aliphatic heterocycles. The summed E-state index contributed by atoms with van der Waals surface area (Å²) in [6, 6.07) is 8.41. The number of imidazole rings is 1. The number of rotatable bonds is 1. The van der Waals surface area contributed by atoms with Crippen molar-refractivity contribution < 1.29 is 19.5 Å². The summed E-state index contributed by atoms with van der Waals surface area (Å²) in [5.41, 5.74) is 1.43. The quantitative estimate of drug-likeness (QED) is 0.618. The van der Waals surface area contributed by atoms with E-state index >= 15 is 0 Å². The van der Waals surface area contributed by atoms with Crippen LogP contribution in [0.25, 0.3) is 0 Å². The largest absolute Gasteiger partial charge is 2.00 e. The predicted molar refractivity (Wildman–Crippen MR) is 48.8 cm³/mol. The summed E-state index contributed by atoms with van der Waals surface area (Å²) in [4.78, 5) is 6.17. The van der Waals surface area contributed by atoms with Crippen molar-refractivity contribution in [1.82, 2.24) is 9.97 Å². The van der Waals surface area contributed by atoms with Crippen molar-refractivity contribution in [3.8, 4) is 0 Å². The summed E-state index contributed by atoms with van der Waals surface area (Å²) in [6.07, 6.45) is 6.99. The second kappa shape index (κ2) is 7.81. The van der Waals surface area contributed by atoms with Gasteiger partial charge >= 0.3 is 19.5 Å². The number of H-pyrrole nitrogens is 1. The van der Waals surface area contributed by atoms with Crippen LogP contribution in [-0.2, 0) is 25.9 Å². The summed E-state index contributed by atoms with van der Waals surface area (Å²) < 4.78 is 0. The van der Waals surface area contributed by atoms with E-state index in [9.17, 15) is 0 Å². The molecule has 0 atom stereocenters. The van der Waals surface area contributed by atoms with Gasteiger partial charge in [0.25, 0.3) is 0 Å². The minimum Gasteiger partial charge on any atom is -0.467 e. The Kier molecular flexibility index (Phi) is 7.32. The molecule has 0 saturated carbocycles. The van der Waals surface area contributed by atoms with Crippen LogP contribution in [0, 0.1) is 6.33 Å². The van der Waals surface area contributed by atoms with Crippen LogP contribution in [0.4, 0.5) is 0 Å². The molecule has 3 heteroatoms. The molecule has 1 N–H and O–H groups in total. The van der Waals surface area contributed by atoms with Crippen LogP contribution in [0.1, 0.15) is 12.5 Å². The van der Waals surface area contributed by atoms with Crippen LogP contribution < -0.4 is 0 Å². The SMILES string of the molecule is CC[c-]1cccc1.[Ru+2].[c-]1ncc[nH]1.